The van der Waals surface area contributed by atoms with Gasteiger partial charge < -0.3 is 19.1 Å². The maximum atomic E-state index is 11.9. The Morgan fingerprint density at radius 3 is 2.58 bits per heavy atom. The van der Waals surface area contributed by atoms with Crippen molar-refractivity contribution < 1.29 is 9.26 Å². The molecule has 2 aliphatic rings. The Labute approximate surface area is 224 Å². The van der Waals surface area contributed by atoms with Crippen LogP contribution in [0.3, 0.4) is 0 Å². The maximum absolute atomic E-state index is 11.9. The number of aryl methyl sites for hydroxylation is 1. The number of halogens is 2. The number of aromatic nitrogens is 3. The summed E-state index contributed by atoms with van der Waals surface area (Å²) >= 11 is 0. The number of piperidine rings is 1. The Kier molecular flexibility index (Phi) is 10.2. The largest absolute Gasteiger partial charge is 0.493 e. The molecule has 3 aromatic rings. The van der Waals surface area contributed by atoms with Crippen LogP contribution in [-0.2, 0) is 19.5 Å². The molecular weight excluding hydrogens is 501 g/mol. The average Bonchev–Trinajstić information content (AvgIpc) is 3.57. The number of H-pyrrole nitrogens is 1. The molecule has 1 aromatic carbocycles. The molecule has 198 valence electrons. The van der Waals surface area contributed by atoms with Crippen LogP contribution < -0.4 is 10.3 Å². The third-order valence-electron chi connectivity index (χ3n) is 7.07. The van der Waals surface area contributed by atoms with Gasteiger partial charge in [0.05, 0.1) is 17.9 Å². The van der Waals surface area contributed by atoms with Crippen molar-refractivity contribution in [3.63, 3.8) is 0 Å². The molecule has 0 radical (unpaired) electrons. The highest BCUT2D eigenvalue weighted by molar-refractivity contribution is 5.86. The van der Waals surface area contributed by atoms with Gasteiger partial charge in [-0.25, -0.2) is 0 Å². The molecule has 1 saturated carbocycles. The van der Waals surface area contributed by atoms with Gasteiger partial charge in [0, 0.05) is 30.9 Å². The monoisotopic (exact) mass is 537 g/mol. The number of nitrogens with zero attached hydrogens (tertiary/aromatic N) is 4. The number of benzene rings is 1. The zero-order chi connectivity index (χ0) is 23.5. The number of hydrogen-bond donors (Lipinski definition) is 1. The molecule has 0 unspecified atom stereocenters. The highest BCUT2D eigenvalue weighted by atomic mass is 35.5. The first-order valence-corrected chi connectivity index (χ1v) is 12.5. The Morgan fingerprint density at radius 1 is 1.11 bits per heavy atom. The van der Waals surface area contributed by atoms with E-state index in [4.69, 9.17) is 9.26 Å². The van der Waals surface area contributed by atoms with Crippen molar-refractivity contribution in [2.75, 3.05) is 33.8 Å². The smallest absolute Gasteiger partial charge is 0.270 e. The molecule has 1 aliphatic carbocycles. The fraction of sp³-hybridized carbons (Fsp3) is 0.577. The van der Waals surface area contributed by atoms with Crippen LogP contribution in [0.15, 0.2) is 33.8 Å². The first-order chi connectivity index (χ1) is 16.6. The Bertz CT molecular complexity index is 1170. The Hall–Kier alpha value is -2.13. The summed E-state index contributed by atoms with van der Waals surface area (Å²) < 4.78 is 12.0. The molecule has 1 aliphatic heterocycles. The lowest BCUT2D eigenvalue weighted by Crippen LogP contribution is -2.35. The van der Waals surface area contributed by atoms with E-state index >= 15 is 0 Å². The molecule has 3 heterocycles. The molecule has 2 aromatic heterocycles. The summed E-state index contributed by atoms with van der Waals surface area (Å²) in [6, 6.07) is 4.22. The van der Waals surface area contributed by atoms with Gasteiger partial charge in [-0.2, -0.15) is 0 Å². The molecule has 1 saturated heterocycles. The van der Waals surface area contributed by atoms with E-state index in [1.54, 1.807) is 12.4 Å². The van der Waals surface area contributed by atoms with Gasteiger partial charge in [0.2, 0.25) is 0 Å². The minimum atomic E-state index is -0.0859. The van der Waals surface area contributed by atoms with Gasteiger partial charge >= 0.3 is 0 Å². The van der Waals surface area contributed by atoms with Gasteiger partial charge in [-0.15, -0.1) is 24.8 Å². The summed E-state index contributed by atoms with van der Waals surface area (Å²) in [7, 11) is 4.13. The third-order valence-corrected chi connectivity index (χ3v) is 7.07. The Balaban J connectivity index is 0.00000180. The molecule has 5 rings (SSSR count). The minimum absolute atomic E-state index is 0. The number of ether oxygens (including phenoxy) is 1. The fourth-order valence-electron chi connectivity index (χ4n) is 4.85. The lowest BCUT2D eigenvalue weighted by molar-refractivity contribution is 0.170. The predicted octanol–water partition coefficient (Wildman–Crippen LogP) is 4.45. The van der Waals surface area contributed by atoms with Crippen LogP contribution in [0.25, 0.3) is 11.0 Å². The van der Waals surface area contributed by atoms with Crippen molar-refractivity contribution in [2.24, 2.45) is 11.8 Å². The van der Waals surface area contributed by atoms with Gasteiger partial charge in [0.1, 0.15) is 11.4 Å². The van der Waals surface area contributed by atoms with Crippen molar-refractivity contribution in [3.8, 4) is 5.75 Å². The van der Waals surface area contributed by atoms with Crippen molar-refractivity contribution in [1.82, 2.24) is 24.9 Å². The average molecular weight is 539 g/mol. The molecule has 10 heteroatoms. The summed E-state index contributed by atoms with van der Waals surface area (Å²) in [6.07, 6.45) is 10.1. The van der Waals surface area contributed by atoms with Gasteiger partial charge in [-0.05, 0) is 89.7 Å². The van der Waals surface area contributed by atoms with Gasteiger partial charge in [0.25, 0.3) is 5.56 Å². The molecule has 0 bridgehead atoms. The van der Waals surface area contributed by atoms with Crippen LogP contribution in [-0.4, -0.2) is 58.7 Å². The lowest BCUT2D eigenvalue weighted by Gasteiger charge is -2.31. The molecule has 0 amide bonds. The van der Waals surface area contributed by atoms with E-state index < -0.39 is 0 Å². The van der Waals surface area contributed by atoms with Crippen LogP contribution in [0.5, 0.6) is 5.75 Å². The van der Waals surface area contributed by atoms with E-state index in [0.717, 1.165) is 79.9 Å². The highest BCUT2D eigenvalue weighted by Gasteiger charge is 2.25. The standard InChI is InChI=1S/C26H35N5O3.2ClH/c1-30(2)15-21-24(33-17-19-3-4-19)8-6-20-22(29-34-25(20)21)7-5-18-9-13-31(14-10-18)16-23-26(32)28-12-11-27-23;;/h6,8,11-12,18-19H,3-5,7,9-10,13-17H2,1-2H3,(H,28,32);2*1H. The van der Waals surface area contributed by atoms with Crippen molar-refractivity contribution >= 4 is 35.8 Å². The summed E-state index contributed by atoms with van der Waals surface area (Å²) in [5.74, 6) is 2.30. The van der Waals surface area contributed by atoms with E-state index in [9.17, 15) is 4.79 Å². The lowest BCUT2D eigenvalue weighted by atomic mass is 9.91. The second kappa shape index (κ2) is 12.9. The van der Waals surface area contributed by atoms with E-state index in [0.29, 0.717) is 24.1 Å². The molecule has 8 nitrogen and oxygen atoms in total. The molecule has 0 spiro atoms. The van der Waals surface area contributed by atoms with Crippen molar-refractivity contribution in [1.29, 1.82) is 0 Å². The quantitative estimate of drug-likeness (QED) is 0.408. The molecule has 1 N–H and O–H groups in total. The van der Waals surface area contributed by atoms with E-state index in [2.05, 4.69) is 51.2 Å². The van der Waals surface area contributed by atoms with Crippen molar-refractivity contribution in [2.45, 2.75) is 51.6 Å². The maximum Gasteiger partial charge on any atom is 0.270 e. The summed E-state index contributed by atoms with van der Waals surface area (Å²) in [4.78, 5) is 23.3. The van der Waals surface area contributed by atoms with Gasteiger partial charge in [-0.3, -0.25) is 14.7 Å². The van der Waals surface area contributed by atoms with Crippen LogP contribution in [0.4, 0.5) is 0 Å². The number of fused-ring (bicyclic) bond motifs is 1. The normalized spacial score (nSPS) is 16.6. The molecule has 2 fully saturated rings. The van der Waals surface area contributed by atoms with Crippen LogP contribution in [0.1, 0.15) is 49.1 Å². The zero-order valence-corrected chi connectivity index (χ0v) is 22.7. The topological polar surface area (TPSA) is 87.5 Å². The molecular formula is C26H37Cl2N5O3. The second-order valence-corrected chi connectivity index (χ2v) is 10.2. The number of nitrogens with one attached hydrogen (secondary N) is 1. The zero-order valence-electron chi connectivity index (χ0n) is 21.1. The third kappa shape index (κ3) is 7.00. The Morgan fingerprint density at radius 2 is 1.89 bits per heavy atom. The van der Waals surface area contributed by atoms with Crippen LogP contribution >= 0.6 is 24.8 Å². The van der Waals surface area contributed by atoms with Crippen LogP contribution in [0.2, 0.25) is 0 Å². The summed E-state index contributed by atoms with van der Waals surface area (Å²) in [6.45, 7) is 4.17. The van der Waals surface area contributed by atoms with Gasteiger partial charge in [-0.1, -0.05) is 5.16 Å². The number of rotatable bonds is 10. The molecule has 36 heavy (non-hydrogen) atoms. The van der Waals surface area contributed by atoms with Crippen molar-refractivity contribution in [3.05, 3.63) is 51.8 Å². The number of aromatic amines is 1. The summed E-state index contributed by atoms with van der Waals surface area (Å²) in [5.41, 5.74) is 3.53. The number of hydrogen-bond acceptors (Lipinski definition) is 7. The first kappa shape index (κ1) is 28.4. The number of likely N-dealkylation sites (tertiary alicyclic amines) is 1. The van der Waals surface area contributed by atoms with E-state index in [1.807, 2.05) is 0 Å². The fourth-order valence-corrected chi connectivity index (χ4v) is 4.85. The van der Waals surface area contributed by atoms with E-state index in [1.165, 1.54) is 12.8 Å². The predicted molar refractivity (Wildman–Crippen MR) is 145 cm³/mol. The second-order valence-electron chi connectivity index (χ2n) is 10.2. The SMILES string of the molecule is CN(C)Cc1c(OCC2CC2)ccc2c(CCC3CCN(Cc4ncc[nH]c4=O)CC3)noc12.Cl.Cl. The van der Waals surface area contributed by atoms with E-state index in [-0.39, 0.29) is 30.4 Å². The van der Waals surface area contributed by atoms with Crippen LogP contribution in [0, 0.1) is 11.8 Å². The summed E-state index contributed by atoms with van der Waals surface area (Å²) in [5, 5.41) is 5.58. The molecule has 0 atom stereocenters. The van der Waals surface area contributed by atoms with Gasteiger partial charge in [0.15, 0.2) is 5.58 Å². The first-order valence-electron chi connectivity index (χ1n) is 12.5. The highest BCUT2D eigenvalue weighted by Crippen LogP contribution is 2.35. The minimum Gasteiger partial charge on any atom is -0.493 e.